The van der Waals surface area contributed by atoms with E-state index >= 15 is 0 Å². The fourth-order valence-electron chi connectivity index (χ4n) is 2.89. The van der Waals surface area contributed by atoms with Gasteiger partial charge in [-0.05, 0) is 32.1 Å². The van der Waals surface area contributed by atoms with Crippen molar-refractivity contribution in [3.05, 3.63) is 0 Å². The van der Waals surface area contributed by atoms with Crippen molar-refractivity contribution in [2.45, 2.75) is 63.6 Å². The van der Waals surface area contributed by atoms with Crippen LogP contribution in [0.5, 0.6) is 0 Å². The molecule has 2 nitrogen and oxygen atoms in total. The lowest BCUT2D eigenvalue weighted by Crippen LogP contribution is -2.43. The van der Waals surface area contributed by atoms with E-state index in [-0.39, 0.29) is 6.10 Å². The lowest BCUT2D eigenvalue weighted by Gasteiger charge is -2.35. The van der Waals surface area contributed by atoms with Crippen molar-refractivity contribution in [1.29, 1.82) is 0 Å². The molecule has 0 amide bonds. The average molecular weight is 183 g/mol. The Hall–Kier alpha value is -0.0800. The van der Waals surface area contributed by atoms with E-state index < -0.39 is 0 Å². The molecule has 0 aromatic heterocycles. The summed E-state index contributed by atoms with van der Waals surface area (Å²) in [5, 5.41) is 9.63. The molecule has 1 N–H and O–H groups in total. The third-order valence-corrected chi connectivity index (χ3v) is 3.74. The summed E-state index contributed by atoms with van der Waals surface area (Å²) in [5.41, 5.74) is 0. The van der Waals surface area contributed by atoms with Crippen LogP contribution >= 0.6 is 0 Å². The highest BCUT2D eigenvalue weighted by Crippen LogP contribution is 2.35. The molecule has 2 fully saturated rings. The topological polar surface area (TPSA) is 23.5 Å². The molecule has 2 aliphatic heterocycles. The summed E-state index contributed by atoms with van der Waals surface area (Å²) in [6.45, 7) is 2.99. The van der Waals surface area contributed by atoms with Crippen molar-refractivity contribution in [3.8, 4) is 0 Å². The second-order valence-corrected chi connectivity index (χ2v) is 4.57. The summed E-state index contributed by atoms with van der Waals surface area (Å²) in [4.78, 5) is 2.57. The van der Waals surface area contributed by atoms with Gasteiger partial charge in [-0.2, -0.15) is 0 Å². The summed E-state index contributed by atoms with van der Waals surface area (Å²) in [7, 11) is 0. The number of aliphatic hydroxyl groups excluding tert-OH is 1. The number of rotatable bonds is 3. The molecular formula is C11H21NO. The fraction of sp³-hybridized carbons (Fsp3) is 1.00. The van der Waals surface area contributed by atoms with Crippen LogP contribution < -0.4 is 0 Å². The first kappa shape index (κ1) is 9.47. The Morgan fingerprint density at radius 3 is 2.38 bits per heavy atom. The van der Waals surface area contributed by atoms with E-state index in [1.54, 1.807) is 0 Å². The maximum absolute atomic E-state index is 9.63. The first-order chi connectivity index (χ1) is 6.31. The Morgan fingerprint density at radius 2 is 1.85 bits per heavy atom. The van der Waals surface area contributed by atoms with Crippen molar-refractivity contribution < 1.29 is 5.11 Å². The average Bonchev–Trinajstić information content (AvgIpc) is 2.41. The van der Waals surface area contributed by atoms with Crippen LogP contribution in [-0.4, -0.2) is 34.7 Å². The molecule has 2 rings (SSSR count). The van der Waals surface area contributed by atoms with E-state index in [0.29, 0.717) is 0 Å². The van der Waals surface area contributed by atoms with Gasteiger partial charge in [0.1, 0.15) is 0 Å². The van der Waals surface area contributed by atoms with Gasteiger partial charge in [-0.3, -0.25) is 4.90 Å². The number of hydrogen-bond acceptors (Lipinski definition) is 2. The van der Waals surface area contributed by atoms with Gasteiger partial charge in [0.05, 0.1) is 6.10 Å². The number of piperidine rings is 1. The largest absolute Gasteiger partial charge is 0.392 e. The molecule has 2 aliphatic rings. The van der Waals surface area contributed by atoms with Gasteiger partial charge in [0, 0.05) is 18.6 Å². The Balaban J connectivity index is 1.91. The predicted octanol–water partition coefficient (Wildman–Crippen LogP) is 1.77. The Morgan fingerprint density at radius 1 is 1.23 bits per heavy atom. The van der Waals surface area contributed by atoms with Crippen molar-refractivity contribution in [2.24, 2.45) is 0 Å². The van der Waals surface area contributed by atoms with Gasteiger partial charge in [0.25, 0.3) is 0 Å². The quantitative estimate of drug-likeness (QED) is 0.721. The summed E-state index contributed by atoms with van der Waals surface area (Å²) in [6.07, 6.45) is 7.70. The molecule has 2 unspecified atom stereocenters. The van der Waals surface area contributed by atoms with Crippen LogP contribution in [0.3, 0.4) is 0 Å². The maximum Gasteiger partial charge on any atom is 0.0664 e. The van der Waals surface area contributed by atoms with Crippen LogP contribution in [0.15, 0.2) is 0 Å². The van der Waals surface area contributed by atoms with E-state index in [0.717, 1.165) is 25.0 Å². The SMILES string of the molecule is CC[C@H](O)CN1C2CCCC1CC2. The molecule has 2 heteroatoms. The highest BCUT2D eigenvalue weighted by molar-refractivity contribution is 4.92. The van der Waals surface area contributed by atoms with Gasteiger partial charge >= 0.3 is 0 Å². The number of nitrogens with zero attached hydrogens (tertiary/aromatic N) is 1. The Bertz CT molecular complexity index is 155. The van der Waals surface area contributed by atoms with Gasteiger partial charge < -0.3 is 5.11 Å². The van der Waals surface area contributed by atoms with Gasteiger partial charge in [-0.25, -0.2) is 0 Å². The highest BCUT2D eigenvalue weighted by Gasteiger charge is 2.36. The lowest BCUT2D eigenvalue weighted by molar-refractivity contribution is 0.0605. The minimum absolute atomic E-state index is 0.0961. The predicted molar refractivity (Wildman–Crippen MR) is 53.7 cm³/mol. The van der Waals surface area contributed by atoms with Gasteiger partial charge in [-0.1, -0.05) is 13.3 Å². The first-order valence-corrected chi connectivity index (χ1v) is 5.75. The van der Waals surface area contributed by atoms with Crippen molar-refractivity contribution in [3.63, 3.8) is 0 Å². The third kappa shape index (κ3) is 1.89. The highest BCUT2D eigenvalue weighted by atomic mass is 16.3. The molecule has 0 saturated carbocycles. The summed E-state index contributed by atoms with van der Waals surface area (Å²) in [6, 6.07) is 1.61. The molecule has 13 heavy (non-hydrogen) atoms. The lowest BCUT2D eigenvalue weighted by atomic mass is 10.0. The minimum atomic E-state index is -0.0961. The van der Waals surface area contributed by atoms with E-state index in [9.17, 15) is 5.11 Å². The fourth-order valence-corrected chi connectivity index (χ4v) is 2.89. The number of fused-ring (bicyclic) bond motifs is 2. The minimum Gasteiger partial charge on any atom is -0.392 e. The second-order valence-electron chi connectivity index (χ2n) is 4.57. The van der Waals surface area contributed by atoms with Crippen LogP contribution in [0.1, 0.15) is 45.4 Å². The molecule has 3 atom stereocenters. The molecule has 2 heterocycles. The van der Waals surface area contributed by atoms with Crippen LogP contribution in [0.2, 0.25) is 0 Å². The van der Waals surface area contributed by atoms with Crippen LogP contribution in [0, 0.1) is 0 Å². The molecule has 0 spiro atoms. The summed E-state index contributed by atoms with van der Waals surface area (Å²) >= 11 is 0. The van der Waals surface area contributed by atoms with E-state index in [1.165, 1.54) is 32.1 Å². The second kappa shape index (κ2) is 3.97. The molecule has 0 aliphatic carbocycles. The number of aliphatic hydroxyl groups is 1. The molecule has 0 aromatic rings. The molecule has 2 saturated heterocycles. The zero-order chi connectivity index (χ0) is 9.26. The molecule has 0 radical (unpaired) electrons. The number of hydrogen-bond donors (Lipinski definition) is 1. The third-order valence-electron chi connectivity index (χ3n) is 3.74. The van der Waals surface area contributed by atoms with Crippen molar-refractivity contribution in [1.82, 2.24) is 4.90 Å². The zero-order valence-corrected chi connectivity index (χ0v) is 8.58. The summed E-state index contributed by atoms with van der Waals surface area (Å²) in [5.74, 6) is 0. The van der Waals surface area contributed by atoms with Crippen LogP contribution in [0.4, 0.5) is 0 Å². The van der Waals surface area contributed by atoms with E-state index in [1.807, 2.05) is 0 Å². The normalized spacial score (nSPS) is 36.5. The molecule has 76 valence electrons. The van der Waals surface area contributed by atoms with Gasteiger partial charge in [0.15, 0.2) is 0 Å². The molecular weight excluding hydrogens is 162 g/mol. The van der Waals surface area contributed by atoms with Gasteiger partial charge in [-0.15, -0.1) is 0 Å². The molecule has 0 aromatic carbocycles. The Kier molecular flexibility index (Phi) is 2.89. The van der Waals surface area contributed by atoms with Crippen molar-refractivity contribution >= 4 is 0 Å². The van der Waals surface area contributed by atoms with Crippen LogP contribution in [0.25, 0.3) is 0 Å². The van der Waals surface area contributed by atoms with Crippen molar-refractivity contribution in [2.75, 3.05) is 6.54 Å². The summed E-state index contributed by atoms with van der Waals surface area (Å²) < 4.78 is 0. The van der Waals surface area contributed by atoms with Gasteiger partial charge in [0.2, 0.25) is 0 Å². The van der Waals surface area contributed by atoms with E-state index in [2.05, 4.69) is 11.8 Å². The Labute approximate surface area is 80.9 Å². The van der Waals surface area contributed by atoms with E-state index in [4.69, 9.17) is 0 Å². The maximum atomic E-state index is 9.63. The first-order valence-electron chi connectivity index (χ1n) is 5.75. The standard InChI is InChI=1S/C11H21NO/c1-2-11(13)8-12-9-4-3-5-10(12)7-6-9/h9-11,13H,2-8H2,1H3/t9?,10?,11-/m0/s1. The smallest absolute Gasteiger partial charge is 0.0664 e. The molecule has 2 bridgehead atoms. The monoisotopic (exact) mass is 183 g/mol. The zero-order valence-electron chi connectivity index (χ0n) is 8.58. The van der Waals surface area contributed by atoms with Crippen LogP contribution in [-0.2, 0) is 0 Å².